The summed E-state index contributed by atoms with van der Waals surface area (Å²) in [6.45, 7) is 7.52. The molecule has 0 bridgehead atoms. The number of benzene rings is 2. The first-order chi connectivity index (χ1) is 13.3. The Morgan fingerprint density at radius 3 is 2.39 bits per heavy atom. The maximum atomic E-state index is 13.3. The van der Waals surface area contributed by atoms with E-state index in [0.717, 1.165) is 34.1 Å². The standard InChI is InChI=1S/C21H20F2N2OS2/c1-12-7-13(2)20(14(3)8-12)25(15(4)26)21-24-16(11-28-21)10-27-17-5-6-18(22)19(23)9-17/h5-9,11H,10H2,1-4H3. The van der Waals surface area contributed by atoms with Crippen molar-refractivity contribution in [3.8, 4) is 0 Å². The Morgan fingerprint density at radius 2 is 1.79 bits per heavy atom. The summed E-state index contributed by atoms with van der Waals surface area (Å²) in [5, 5.41) is 2.49. The van der Waals surface area contributed by atoms with Crippen molar-refractivity contribution in [2.75, 3.05) is 4.90 Å². The van der Waals surface area contributed by atoms with Crippen molar-refractivity contribution in [1.29, 1.82) is 0 Å². The van der Waals surface area contributed by atoms with Crippen molar-refractivity contribution in [1.82, 2.24) is 4.98 Å². The van der Waals surface area contributed by atoms with E-state index in [1.807, 2.05) is 38.3 Å². The van der Waals surface area contributed by atoms with E-state index in [1.165, 1.54) is 42.2 Å². The van der Waals surface area contributed by atoms with Crippen LogP contribution in [0, 0.1) is 32.4 Å². The first-order valence-electron chi connectivity index (χ1n) is 8.67. The molecule has 0 spiro atoms. The number of hydrogen-bond donors (Lipinski definition) is 0. The Morgan fingerprint density at radius 1 is 1.11 bits per heavy atom. The van der Waals surface area contributed by atoms with Crippen molar-refractivity contribution in [3.63, 3.8) is 0 Å². The molecular formula is C21H20F2N2OS2. The van der Waals surface area contributed by atoms with Crippen molar-refractivity contribution in [2.45, 2.75) is 38.3 Å². The van der Waals surface area contributed by atoms with Crippen LogP contribution in [0.2, 0.25) is 0 Å². The molecule has 1 heterocycles. The number of halogens is 2. The Kier molecular flexibility index (Phi) is 6.15. The van der Waals surface area contributed by atoms with Crippen molar-refractivity contribution in [3.05, 3.63) is 69.7 Å². The van der Waals surface area contributed by atoms with Gasteiger partial charge in [-0.1, -0.05) is 17.7 Å². The average molecular weight is 419 g/mol. The van der Waals surface area contributed by atoms with Gasteiger partial charge in [0.25, 0.3) is 0 Å². The average Bonchev–Trinajstić information content (AvgIpc) is 3.07. The number of amides is 1. The van der Waals surface area contributed by atoms with Gasteiger partial charge in [0.05, 0.1) is 11.4 Å². The molecule has 2 aromatic carbocycles. The molecule has 0 aliphatic carbocycles. The zero-order chi connectivity index (χ0) is 20.4. The van der Waals surface area contributed by atoms with Crippen LogP contribution < -0.4 is 4.90 Å². The molecule has 0 radical (unpaired) electrons. The van der Waals surface area contributed by atoms with Gasteiger partial charge < -0.3 is 0 Å². The molecule has 7 heteroatoms. The van der Waals surface area contributed by atoms with Gasteiger partial charge in [0.2, 0.25) is 5.91 Å². The fourth-order valence-electron chi connectivity index (χ4n) is 3.10. The topological polar surface area (TPSA) is 33.2 Å². The van der Waals surface area contributed by atoms with E-state index in [2.05, 4.69) is 4.98 Å². The van der Waals surface area contributed by atoms with E-state index >= 15 is 0 Å². The normalized spacial score (nSPS) is 10.9. The molecule has 0 saturated carbocycles. The number of thiazole rings is 1. The first-order valence-corrected chi connectivity index (χ1v) is 10.5. The fraction of sp³-hybridized carbons (Fsp3) is 0.238. The van der Waals surface area contributed by atoms with Gasteiger partial charge in [-0.15, -0.1) is 23.1 Å². The minimum absolute atomic E-state index is 0.107. The van der Waals surface area contributed by atoms with Crippen LogP contribution in [0.1, 0.15) is 29.3 Å². The molecule has 0 saturated heterocycles. The summed E-state index contributed by atoms with van der Waals surface area (Å²) in [7, 11) is 0. The van der Waals surface area contributed by atoms with Crippen LogP contribution in [0.25, 0.3) is 0 Å². The van der Waals surface area contributed by atoms with E-state index in [4.69, 9.17) is 0 Å². The van der Waals surface area contributed by atoms with Gasteiger partial charge in [0.15, 0.2) is 16.8 Å². The van der Waals surface area contributed by atoms with Crippen LogP contribution in [0.15, 0.2) is 40.6 Å². The molecule has 0 fully saturated rings. The molecule has 0 aliphatic rings. The van der Waals surface area contributed by atoms with Crippen LogP contribution in [-0.4, -0.2) is 10.9 Å². The quantitative estimate of drug-likeness (QED) is 0.454. The maximum Gasteiger partial charge on any atom is 0.230 e. The predicted molar refractivity (Wildman–Crippen MR) is 112 cm³/mol. The van der Waals surface area contributed by atoms with Gasteiger partial charge >= 0.3 is 0 Å². The second kappa shape index (κ2) is 8.41. The summed E-state index contributed by atoms with van der Waals surface area (Å²) in [5.41, 5.74) is 4.81. The van der Waals surface area contributed by atoms with Crippen LogP contribution in [-0.2, 0) is 10.5 Å². The highest BCUT2D eigenvalue weighted by molar-refractivity contribution is 7.98. The third-order valence-electron chi connectivity index (χ3n) is 4.18. The lowest BCUT2D eigenvalue weighted by Crippen LogP contribution is -2.24. The molecule has 1 aromatic heterocycles. The number of rotatable bonds is 5. The summed E-state index contributed by atoms with van der Waals surface area (Å²) in [6, 6.07) is 7.92. The first kappa shape index (κ1) is 20.5. The molecule has 0 N–H and O–H groups in total. The number of carbonyl (C=O) groups is 1. The molecule has 28 heavy (non-hydrogen) atoms. The molecule has 3 rings (SSSR count). The highest BCUT2D eigenvalue weighted by Gasteiger charge is 2.21. The smallest absolute Gasteiger partial charge is 0.230 e. The van der Waals surface area contributed by atoms with E-state index in [0.29, 0.717) is 15.8 Å². The molecule has 3 aromatic rings. The zero-order valence-electron chi connectivity index (χ0n) is 16.0. The summed E-state index contributed by atoms with van der Waals surface area (Å²) in [6.07, 6.45) is 0. The highest BCUT2D eigenvalue weighted by atomic mass is 32.2. The third-order valence-corrected chi connectivity index (χ3v) is 6.08. The summed E-state index contributed by atoms with van der Waals surface area (Å²) in [4.78, 5) is 19.3. The van der Waals surface area contributed by atoms with Crippen LogP contribution in [0.4, 0.5) is 19.6 Å². The van der Waals surface area contributed by atoms with Gasteiger partial charge in [-0.3, -0.25) is 9.69 Å². The van der Waals surface area contributed by atoms with Crippen molar-refractivity contribution >= 4 is 39.8 Å². The van der Waals surface area contributed by atoms with E-state index < -0.39 is 11.6 Å². The number of nitrogens with zero attached hydrogens (tertiary/aromatic N) is 2. The van der Waals surface area contributed by atoms with Crippen LogP contribution in [0.5, 0.6) is 0 Å². The molecule has 1 amide bonds. The molecule has 0 unspecified atom stereocenters. The minimum Gasteiger partial charge on any atom is -0.274 e. The molecule has 0 aliphatic heterocycles. The van der Waals surface area contributed by atoms with Gasteiger partial charge in [-0.05, 0) is 50.1 Å². The summed E-state index contributed by atoms with van der Waals surface area (Å²) < 4.78 is 26.4. The van der Waals surface area contributed by atoms with E-state index in [1.54, 1.807) is 4.90 Å². The summed E-state index contributed by atoms with van der Waals surface area (Å²) >= 11 is 2.76. The lowest BCUT2D eigenvalue weighted by Gasteiger charge is -2.23. The minimum atomic E-state index is -0.864. The second-order valence-electron chi connectivity index (χ2n) is 6.59. The van der Waals surface area contributed by atoms with Gasteiger partial charge in [0, 0.05) is 23.0 Å². The number of anilines is 2. The van der Waals surface area contributed by atoms with E-state index in [9.17, 15) is 13.6 Å². The fourth-order valence-corrected chi connectivity index (χ4v) is 4.89. The number of hydrogen-bond acceptors (Lipinski definition) is 4. The van der Waals surface area contributed by atoms with Gasteiger partial charge in [-0.25, -0.2) is 13.8 Å². The monoisotopic (exact) mass is 418 g/mol. The Hall–Kier alpha value is -2.25. The Labute approximate surface area is 171 Å². The SMILES string of the molecule is CC(=O)N(c1nc(CSc2ccc(F)c(F)c2)cs1)c1c(C)cc(C)cc1C. The molecular weight excluding hydrogens is 398 g/mol. The predicted octanol–water partition coefficient (Wildman–Crippen LogP) is 6.32. The number of aryl methyl sites for hydroxylation is 3. The van der Waals surface area contributed by atoms with Crippen molar-refractivity contribution < 1.29 is 13.6 Å². The number of thioether (sulfide) groups is 1. The highest BCUT2D eigenvalue weighted by Crippen LogP contribution is 2.35. The van der Waals surface area contributed by atoms with Crippen LogP contribution >= 0.6 is 23.1 Å². The lowest BCUT2D eigenvalue weighted by molar-refractivity contribution is -0.115. The number of aromatic nitrogens is 1. The van der Waals surface area contributed by atoms with Crippen LogP contribution in [0.3, 0.4) is 0 Å². The molecule has 0 atom stereocenters. The van der Waals surface area contributed by atoms with Crippen molar-refractivity contribution in [2.24, 2.45) is 0 Å². The molecule has 146 valence electrons. The largest absolute Gasteiger partial charge is 0.274 e. The van der Waals surface area contributed by atoms with Gasteiger partial charge in [-0.2, -0.15) is 0 Å². The Bertz CT molecular complexity index is 1010. The summed E-state index contributed by atoms with van der Waals surface area (Å²) in [5.74, 6) is -1.33. The number of carbonyl (C=O) groups excluding carboxylic acids is 1. The Balaban J connectivity index is 1.84. The maximum absolute atomic E-state index is 13.3. The van der Waals surface area contributed by atoms with E-state index in [-0.39, 0.29) is 5.91 Å². The molecule has 3 nitrogen and oxygen atoms in total. The zero-order valence-corrected chi connectivity index (χ0v) is 17.7. The lowest BCUT2D eigenvalue weighted by atomic mass is 10.0. The third kappa shape index (κ3) is 4.42. The van der Waals surface area contributed by atoms with Gasteiger partial charge in [0.1, 0.15) is 0 Å². The second-order valence-corrected chi connectivity index (χ2v) is 8.47.